The fourth-order valence-corrected chi connectivity index (χ4v) is 4.76. The molecule has 1 amide bonds. The van der Waals surface area contributed by atoms with Crippen LogP contribution in [0.15, 0.2) is 96.6 Å². The Balaban J connectivity index is 1.24. The molecule has 0 radical (unpaired) electrons. The number of alkyl halides is 3. The molecule has 0 bridgehead atoms. The van der Waals surface area contributed by atoms with Crippen molar-refractivity contribution in [1.29, 1.82) is 0 Å². The van der Waals surface area contributed by atoms with E-state index >= 15 is 0 Å². The summed E-state index contributed by atoms with van der Waals surface area (Å²) in [5, 5.41) is 5.41. The lowest BCUT2D eigenvalue weighted by Gasteiger charge is -2.22. The van der Waals surface area contributed by atoms with Crippen LogP contribution >= 0.6 is 0 Å². The summed E-state index contributed by atoms with van der Waals surface area (Å²) in [4.78, 5) is 17.9. The molecular weight excluding hydrogens is 573 g/mol. The number of hydrogen-bond donors (Lipinski definition) is 2. The van der Waals surface area contributed by atoms with E-state index in [4.69, 9.17) is 14.3 Å². The minimum Gasteiger partial charge on any atom is -0.489 e. The molecule has 1 unspecified atom stereocenters. The van der Waals surface area contributed by atoms with Gasteiger partial charge in [-0.3, -0.25) is 4.79 Å². The number of hydrogen-bond acceptors (Lipinski definition) is 6. The molecule has 1 atom stereocenters. The van der Waals surface area contributed by atoms with E-state index in [1.165, 1.54) is 12.1 Å². The summed E-state index contributed by atoms with van der Waals surface area (Å²) in [5.74, 6) is 0.127. The summed E-state index contributed by atoms with van der Waals surface area (Å²) in [6.45, 7) is 1.77. The van der Waals surface area contributed by atoms with Gasteiger partial charge in [-0.2, -0.15) is 0 Å². The van der Waals surface area contributed by atoms with Gasteiger partial charge >= 0.3 is 6.36 Å². The van der Waals surface area contributed by atoms with Gasteiger partial charge in [0.25, 0.3) is 5.91 Å². The summed E-state index contributed by atoms with van der Waals surface area (Å²) < 4.78 is 53.1. The van der Waals surface area contributed by atoms with Crippen molar-refractivity contribution in [2.24, 2.45) is 0 Å². The molecule has 1 heterocycles. The van der Waals surface area contributed by atoms with Crippen LogP contribution in [0.1, 0.15) is 40.7 Å². The van der Waals surface area contributed by atoms with Gasteiger partial charge in [-0.15, -0.1) is 13.2 Å². The normalized spacial score (nSPS) is 15.6. The van der Waals surface area contributed by atoms with Gasteiger partial charge in [-0.1, -0.05) is 66.7 Å². The summed E-state index contributed by atoms with van der Waals surface area (Å²) in [7, 11) is 0. The number of fused-ring (bicyclic) bond motifs is 1. The molecule has 4 aromatic carbocycles. The number of halogens is 3. The van der Waals surface area contributed by atoms with Crippen LogP contribution in [0, 0.1) is 0 Å². The maximum absolute atomic E-state index is 12.6. The van der Waals surface area contributed by atoms with Crippen LogP contribution in [0.2, 0.25) is 0 Å². The van der Waals surface area contributed by atoms with Crippen LogP contribution in [-0.4, -0.2) is 38.3 Å². The molecule has 1 fully saturated rings. The first-order valence-electron chi connectivity index (χ1n) is 14.4. The van der Waals surface area contributed by atoms with E-state index in [0.717, 1.165) is 52.5 Å². The van der Waals surface area contributed by atoms with Crippen molar-refractivity contribution < 1.29 is 37.0 Å². The van der Waals surface area contributed by atoms with Gasteiger partial charge in [-0.05, 0) is 65.3 Å². The van der Waals surface area contributed by atoms with Crippen molar-refractivity contribution in [3.63, 3.8) is 0 Å². The number of benzene rings is 4. The van der Waals surface area contributed by atoms with Gasteiger partial charge in [0.2, 0.25) is 0 Å². The minimum absolute atomic E-state index is 0.267. The molecule has 1 saturated heterocycles. The van der Waals surface area contributed by atoms with Gasteiger partial charge in [0, 0.05) is 37.1 Å². The Bertz CT molecular complexity index is 1540. The Morgan fingerprint density at radius 2 is 1.70 bits per heavy atom. The average molecular weight is 607 g/mol. The topological polar surface area (TPSA) is 78.1 Å². The number of rotatable bonds is 12. The van der Waals surface area contributed by atoms with Crippen LogP contribution in [0.4, 0.5) is 13.2 Å². The van der Waals surface area contributed by atoms with Gasteiger partial charge in [0.15, 0.2) is 6.29 Å². The first-order valence-corrected chi connectivity index (χ1v) is 14.4. The number of hydroxylamine groups is 1. The zero-order chi connectivity index (χ0) is 30.8. The highest BCUT2D eigenvalue weighted by Crippen LogP contribution is 2.26. The van der Waals surface area contributed by atoms with E-state index in [0.29, 0.717) is 25.3 Å². The monoisotopic (exact) mass is 606 g/mol. The highest BCUT2D eigenvalue weighted by atomic mass is 19.4. The summed E-state index contributed by atoms with van der Waals surface area (Å²) in [6.07, 6.45) is -0.472. The maximum Gasteiger partial charge on any atom is 0.573 e. The average Bonchev–Trinajstić information content (AvgIpc) is 3.03. The lowest BCUT2D eigenvalue weighted by molar-refractivity contribution is -0.274. The van der Waals surface area contributed by atoms with Crippen LogP contribution < -0.4 is 20.3 Å². The number of nitrogens with one attached hydrogen (secondary N) is 2. The van der Waals surface area contributed by atoms with Gasteiger partial charge in [0.1, 0.15) is 18.1 Å². The molecule has 5 rings (SSSR count). The summed E-state index contributed by atoms with van der Waals surface area (Å²) in [5.41, 5.74) is 5.50. The van der Waals surface area contributed by atoms with E-state index in [9.17, 15) is 18.0 Å². The Hall–Kier alpha value is -4.38. The molecule has 2 N–H and O–H groups in total. The third-order valence-electron chi connectivity index (χ3n) is 6.97. The molecule has 1 aliphatic heterocycles. The third-order valence-corrected chi connectivity index (χ3v) is 6.97. The van der Waals surface area contributed by atoms with Crippen LogP contribution in [0.3, 0.4) is 0 Å². The Morgan fingerprint density at radius 1 is 0.932 bits per heavy atom. The molecule has 0 saturated carbocycles. The SMILES string of the molecule is O=C(NOC1CCCCO1)c1ccc(/C=C(/CNCc2ccc(OC(F)(F)F)cc2)COc2cccc3ccccc23)cc1. The summed E-state index contributed by atoms with van der Waals surface area (Å²) in [6, 6.07) is 26.7. The zero-order valence-corrected chi connectivity index (χ0v) is 23.9. The van der Waals surface area contributed by atoms with Crippen molar-refractivity contribution in [3.05, 3.63) is 113 Å². The zero-order valence-electron chi connectivity index (χ0n) is 23.9. The van der Waals surface area contributed by atoms with Crippen LogP contribution in [0.25, 0.3) is 16.8 Å². The highest BCUT2D eigenvalue weighted by molar-refractivity contribution is 5.93. The van der Waals surface area contributed by atoms with Gasteiger partial charge in [0.05, 0.1) is 0 Å². The molecule has 4 aromatic rings. The van der Waals surface area contributed by atoms with Crippen molar-refractivity contribution in [2.45, 2.75) is 38.5 Å². The molecule has 0 aliphatic carbocycles. The fraction of sp³-hybridized carbons (Fsp3) is 0.265. The number of amides is 1. The minimum atomic E-state index is -4.73. The van der Waals surface area contributed by atoms with Crippen molar-refractivity contribution in [3.8, 4) is 11.5 Å². The van der Waals surface area contributed by atoms with Crippen molar-refractivity contribution in [1.82, 2.24) is 10.8 Å². The van der Waals surface area contributed by atoms with Crippen LogP contribution in [-0.2, 0) is 16.1 Å². The first-order chi connectivity index (χ1) is 21.3. The molecule has 0 spiro atoms. The molecule has 10 heteroatoms. The quantitative estimate of drug-likeness (QED) is 0.167. The lowest BCUT2D eigenvalue weighted by Crippen LogP contribution is -2.33. The highest BCUT2D eigenvalue weighted by Gasteiger charge is 2.30. The van der Waals surface area contributed by atoms with E-state index < -0.39 is 12.7 Å². The second-order valence-corrected chi connectivity index (χ2v) is 10.3. The number of carbonyl (C=O) groups excluding carboxylic acids is 1. The lowest BCUT2D eigenvalue weighted by atomic mass is 10.1. The summed E-state index contributed by atoms with van der Waals surface area (Å²) >= 11 is 0. The van der Waals surface area contributed by atoms with Gasteiger partial charge < -0.3 is 19.5 Å². The Kier molecular flexibility index (Phi) is 10.5. The maximum atomic E-state index is 12.6. The Labute approximate surface area is 253 Å². The van der Waals surface area contributed by atoms with Crippen molar-refractivity contribution >= 4 is 22.8 Å². The van der Waals surface area contributed by atoms with Gasteiger partial charge in [-0.25, -0.2) is 10.3 Å². The molecule has 7 nitrogen and oxygen atoms in total. The van der Waals surface area contributed by atoms with E-state index in [2.05, 4.69) is 15.5 Å². The second kappa shape index (κ2) is 14.9. The Morgan fingerprint density at radius 3 is 2.45 bits per heavy atom. The molecule has 0 aromatic heterocycles. The third kappa shape index (κ3) is 9.31. The smallest absolute Gasteiger partial charge is 0.489 e. The molecule has 44 heavy (non-hydrogen) atoms. The van der Waals surface area contributed by atoms with E-state index in [-0.39, 0.29) is 18.3 Å². The molecular formula is C34H33F3N2O5. The number of ether oxygens (including phenoxy) is 3. The molecule has 1 aliphatic rings. The standard InChI is InChI=1S/C34H33F3N2O5/c35-34(36,37)43-29-17-13-25(14-18-29)21-38-22-26(23-42-31-9-5-7-27-6-1-2-8-30(27)31)20-24-11-15-28(16-12-24)33(40)39-44-32-10-3-4-19-41-32/h1-2,5-9,11-18,20,32,38H,3-4,10,19,21-23H2,(H,39,40)/b26-20-. The van der Waals surface area contributed by atoms with Crippen LogP contribution in [0.5, 0.6) is 11.5 Å². The number of carbonyl (C=O) groups is 1. The van der Waals surface area contributed by atoms with Crippen molar-refractivity contribution in [2.75, 3.05) is 19.8 Å². The second-order valence-electron chi connectivity index (χ2n) is 10.3. The predicted octanol–water partition coefficient (Wildman–Crippen LogP) is 7.18. The molecule has 230 valence electrons. The first kappa shape index (κ1) is 31.1. The van der Waals surface area contributed by atoms with E-state index in [1.54, 1.807) is 24.3 Å². The van der Waals surface area contributed by atoms with E-state index in [1.807, 2.05) is 60.7 Å². The predicted molar refractivity (Wildman–Crippen MR) is 161 cm³/mol. The fourth-order valence-electron chi connectivity index (χ4n) is 4.76. The largest absolute Gasteiger partial charge is 0.573 e.